The predicted octanol–water partition coefficient (Wildman–Crippen LogP) is -0.650. The molecule has 6 nitrogen and oxygen atoms in total. The van der Waals surface area contributed by atoms with Crippen molar-refractivity contribution in [3.63, 3.8) is 0 Å². The summed E-state index contributed by atoms with van der Waals surface area (Å²) in [7, 11) is 0. The average Bonchev–Trinajstić information content (AvgIpc) is 2.51. The van der Waals surface area contributed by atoms with E-state index in [1.807, 2.05) is 0 Å². The third-order valence-corrected chi connectivity index (χ3v) is 3.22. The third kappa shape index (κ3) is 1.79. The molecule has 18 heavy (non-hydrogen) atoms. The number of aliphatic carboxylic acids is 1. The van der Waals surface area contributed by atoms with Crippen LogP contribution >= 0.6 is 0 Å². The summed E-state index contributed by atoms with van der Waals surface area (Å²) in [5.41, 5.74) is -1.11. The van der Waals surface area contributed by atoms with E-state index in [1.54, 1.807) is 0 Å². The zero-order valence-corrected chi connectivity index (χ0v) is 8.95. The maximum atomic E-state index is 12.1. The van der Waals surface area contributed by atoms with Gasteiger partial charge in [-0.2, -0.15) is 13.2 Å². The minimum atomic E-state index is -4.98. The average molecular weight is 266 g/mol. The lowest BCUT2D eigenvalue weighted by Crippen LogP contribution is -2.66. The van der Waals surface area contributed by atoms with Crippen molar-refractivity contribution in [2.24, 2.45) is 5.41 Å². The van der Waals surface area contributed by atoms with Gasteiger partial charge >= 0.3 is 18.1 Å². The Morgan fingerprint density at radius 3 is 2.39 bits per heavy atom. The molecule has 0 bridgehead atoms. The Morgan fingerprint density at radius 1 is 1.39 bits per heavy atom. The molecule has 1 atom stereocenters. The molecule has 100 valence electrons. The number of likely N-dealkylation sites (tertiary alicyclic amines) is 1. The molecule has 9 heteroatoms. The molecular weight excluding hydrogens is 257 g/mol. The van der Waals surface area contributed by atoms with Crippen molar-refractivity contribution in [2.45, 2.75) is 18.6 Å². The fraction of sp³-hybridized carbons (Fsp3) is 0.667. The summed E-state index contributed by atoms with van der Waals surface area (Å²) in [6.07, 6.45) is -5.15. The summed E-state index contributed by atoms with van der Waals surface area (Å²) < 4.78 is 36.4. The van der Waals surface area contributed by atoms with E-state index in [4.69, 9.17) is 5.11 Å². The molecule has 0 aromatic carbocycles. The van der Waals surface area contributed by atoms with Crippen LogP contribution in [-0.2, 0) is 14.4 Å². The number of nitrogens with zero attached hydrogens (tertiary/aromatic N) is 1. The van der Waals surface area contributed by atoms with Gasteiger partial charge < -0.3 is 15.3 Å². The van der Waals surface area contributed by atoms with Gasteiger partial charge in [-0.15, -0.1) is 0 Å². The minimum Gasteiger partial charge on any atom is -0.480 e. The molecule has 2 aliphatic rings. The Kier molecular flexibility index (Phi) is 2.53. The van der Waals surface area contributed by atoms with Crippen molar-refractivity contribution in [2.75, 3.05) is 13.1 Å². The van der Waals surface area contributed by atoms with E-state index < -0.39 is 35.4 Å². The summed E-state index contributed by atoms with van der Waals surface area (Å²) in [6.45, 7) is -0.748. The van der Waals surface area contributed by atoms with E-state index in [-0.39, 0.29) is 19.5 Å². The lowest BCUT2D eigenvalue weighted by molar-refractivity contribution is -0.197. The minimum absolute atomic E-state index is 0.175. The lowest BCUT2D eigenvalue weighted by atomic mass is 9.73. The molecule has 0 aliphatic carbocycles. The van der Waals surface area contributed by atoms with Gasteiger partial charge in [0.1, 0.15) is 6.04 Å². The smallest absolute Gasteiger partial charge is 0.471 e. The van der Waals surface area contributed by atoms with E-state index in [2.05, 4.69) is 5.32 Å². The molecule has 1 unspecified atom stereocenters. The zero-order chi connectivity index (χ0) is 13.7. The number of hydrogen-bond acceptors (Lipinski definition) is 3. The van der Waals surface area contributed by atoms with E-state index in [0.717, 1.165) is 0 Å². The Labute approximate surface area is 98.7 Å². The van der Waals surface area contributed by atoms with Crippen molar-refractivity contribution < 1.29 is 32.7 Å². The topological polar surface area (TPSA) is 86.7 Å². The number of rotatable bonds is 1. The van der Waals surface area contributed by atoms with Crippen LogP contribution in [-0.4, -0.2) is 53.1 Å². The fourth-order valence-electron chi connectivity index (χ4n) is 2.44. The normalized spacial score (nSPS) is 25.8. The highest BCUT2D eigenvalue weighted by Crippen LogP contribution is 2.42. The molecule has 2 fully saturated rings. The maximum absolute atomic E-state index is 12.1. The van der Waals surface area contributed by atoms with Crippen LogP contribution in [0.25, 0.3) is 0 Å². The highest BCUT2D eigenvalue weighted by molar-refractivity contribution is 5.91. The molecule has 0 aromatic rings. The van der Waals surface area contributed by atoms with Gasteiger partial charge in [-0.05, 0) is 0 Å². The second-order valence-corrected chi connectivity index (χ2v) is 4.54. The molecule has 2 rings (SSSR count). The molecule has 2 aliphatic heterocycles. The molecule has 2 N–H and O–H groups in total. The molecule has 2 amide bonds. The summed E-state index contributed by atoms with van der Waals surface area (Å²) in [4.78, 5) is 33.4. The van der Waals surface area contributed by atoms with Crippen molar-refractivity contribution in [3.8, 4) is 0 Å². The standard InChI is InChI=1S/C9H9F3N2O4/c10-9(11,12)7(18)14-2-8(3-14)1-4(15)13-5(8)6(16)17/h5H,1-3H2,(H,13,15)(H,16,17). The Morgan fingerprint density at radius 2 is 1.94 bits per heavy atom. The van der Waals surface area contributed by atoms with Crippen LogP contribution in [0.2, 0.25) is 0 Å². The van der Waals surface area contributed by atoms with Crippen molar-refractivity contribution in [1.29, 1.82) is 0 Å². The quantitative estimate of drug-likeness (QED) is 0.660. The third-order valence-electron chi connectivity index (χ3n) is 3.22. The number of alkyl halides is 3. The summed E-state index contributed by atoms with van der Waals surface area (Å²) in [6, 6.07) is -1.23. The molecule has 0 saturated carbocycles. The van der Waals surface area contributed by atoms with Gasteiger partial charge in [0.15, 0.2) is 0 Å². The van der Waals surface area contributed by atoms with Crippen LogP contribution in [0.15, 0.2) is 0 Å². The van der Waals surface area contributed by atoms with Gasteiger partial charge in [0, 0.05) is 24.9 Å². The first-order valence-electron chi connectivity index (χ1n) is 5.04. The number of carboxylic acids is 1. The predicted molar refractivity (Wildman–Crippen MR) is 49.3 cm³/mol. The van der Waals surface area contributed by atoms with Crippen LogP contribution in [0.1, 0.15) is 6.42 Å². The first kappa shape index (κ1) is 12.7. The van der Waals surface area contributed by atoms with Crippen molar-refractivity contribution >= 4 is 17.8 Å². The van der Waals surface area contributed by atoms with Gasteiger partial charge in [-0.25, -0.2) is 4.79 Å². The van der Waals surface area contributed by atoms with Crippen LogP contribution in [0.5, 0.6) is 0 Å². The molecule has 2 heterocycles. The number of carbonyl (C=O) groups excluding carboxylic acids is 2. The first-order chi connectivity index (χ1) is 8.16. The number of halogens is 3. The lowest BCUT2D eigenvalue weighted by Gasteiger charge is -2.49. The van der Waals surface area contributed by atoms with Gasteiger partial charge in [0.25, 0.3) is 0 Å². The molecule has 0 radical (unpaired) electrons. The fourth-order valence-corrected chi connectivity index (χ4v) is 2.44. The first-order valence-corrected chi connectivity index (χ1v) is 5.04. The monoisotopic (exact) mass is 266 g/mol. The molecule has 2 saturated heterocycles. The van der Waals surface area contributed by atoms with Crippen LogP contribution in [0.3, 0.4) is 0 Å². The van der Waals surface area contributed by atoms with Gasteiger partial charge in [-0.3, -0.25) is 9.59 Å². The second-order valence-electron chi connectivity index (χ2n) is 4.54. The van der Waals surface area contributed by atoms with Crippen LogP contribution in [0.4, 0.5) is 13.2 Å². The summed E-state index contributed by atoms with van der Waals surface area (Å²) in [5, 5.41) is 11.1. The van der Waals surface area contributed by atoms with Gasteiger partial charge in [0.05, 0.1) is 0 Å². The number of carboxylic acid groups (broad SMARTS) is 1. The van der Waals surface area contributed by atoms with Crippen molar-refractivity contribution in [3.05, 3.63) is 0 Å². The van der Waals surface area contributed by atoms with E-state index in [1.165, 1.54) is 0 Å². The number of amides is 2. The molecule has 1 spiro atoms. The van der Waals surface area contributed by atoms with Gasteiger partial charge in [-0.1, -0.05) is 0 Å². The van der Waals surface area contributed by atoms with E-state index in [9.17, 15) is 27.6 Å². The van der Waals surface area contributed by atoms with Crippen LogP contribution in [0, 0.1) is 5.41 Å². The maximum Gasteiger partial charge on any atom is 0.471 e. The molecule has 0 aromatic heterocycles. The van der Waals surface area contributed by atoms with Crippen molar-refractivity contribution in [1.82, 2.24) is 10.2 Å². The zero-order valence-electron chi connectivity index (χ0n) is 8.95. The Balaban J connectivity index is 2.08. The Bertz CT molecular complexity index is 428. The van der Waals surface area contributed by atoms with E-state index in [0.29, 0.717) is 4.90 Å². The summed E-state index contributed by atoms with van der Waals surface area (Å²) >= 11 is 0. The number of carbonyl (C=O) groups is 3. The molecular formula is C9H9F3N2O4. The summed E-state index contributed by atoms with van der Waals surface area (Å²) in [5.74, 6) is -3.84. The van der Waals surface area contributed by atoms with Gasteiger partial charge in [0.2, 0.25) is 5.91 Å². The highest BCUT2D eigenvalue weighted by atomic mass is 19.4. The highest BCUT2D eigenvalue weighted by Gasteiger charge is 2.61. The number of hydrogen-bond donors (Lipinski definition) is 2. The number of nitrogens with one attached hydrogen (secondary N) is 1. The largest absolute Gasteiger partial charge is 0.480 e. The SMILES string of the molecule is O=C1CC2(CN(C(=O)C(F)(F)F)C2)C(C(=O)O)N1. The second kappa shape index (κ2) is 3.59. The van der Waals surface area contributed by atoms with Crippen LogP contribution < -0.4 is 5.32 Å². The Hall–Kier alpha value is -1.80. The van der Waals surface area contributed by atoms with E-state index >= 15 is 0 Å².